The van der Waals surface area contributed by atoms with E-state index in [1.165, 1.54) is 25.7 Å². The van der Waals surface area contributed by atoms with Gasteiger partial charge in [0.2, 0.25) is 0 Å². The number of hydrogen-bond acceptors (Lipinski definition) is 2. The number of halogens is 1. The fraction of sp³-hybridized carbons (Fsp3) is 0.333. The molecular weight excluding hydrogens is 376 g/mol. The highest BCUT2D eigenvalue weighted by Crippen LogP contribution is 2.25. The van der Waals surface area contributed by atoms with Crippen molar-refractivity contribution >= 4 is 45.7 Å². The summed E-state index contributed by atoms with van der Waals surface area (Å²) in [7, 11) is 0. The largest absolute Gasteiger partial charge is 0.346 e. The first-order valence-corrected chi connectivity index (χ1v) is 10.2. The molecule has 27 heavy (non-hydrogen) atoms. The lowest BCUT2D eigenvalue weighted by Crippen LogP contribution is -2.42. The number of nitrogens with one attached hydrogen (secondary N) is 2. The molecule has 1 saturated carbocycles. The molecule has 4 rings (SSSR count). The third-order valence-corrected chi connectivity index (χ3v) is 5.74. The number of aromatic nitrogens is 2. The number of para-hydroxylation sites is 2. The van der Waals surface area contributed by atoms with Gasteiger partial charge in [-0.25, -0.2) is 4.98 Å². The third-order valence-electron chi connectivity index (χ3n) is 5.15. The van der Waals surface area contributed by atoms with Crippen molar-refractivity contribution in [2.45, 2.75) is 38.1 Å². The maximum Gasteiger partial charge on any atom is 0.173 e. The van der Waals surface area contributed by atoms with Gasteiger partial charge in [-0.2, -0.15) is 0 Å². The summed E-state index contributed by atoms with van der Waals surface area (Å²) in [5, 5.41) is 4.88. The van der Waals surface area contributed by atoms with Gasteiger partial charge in [-0.15, -0.1) is 0 Å². The second-order valence-corrected chi connectivity index (χ2v) is 7.84. The Kier molecular flexibility index (Phi) is 5.60. The summed E-state index contributed by atoms with van der Waals surface area (Å²) in [6.07, 6.45) is 5.78. The molecule has 0 atom stereocenters. The Hall–Kier alpha value is -2.11. The number of hydrogen-bond donors (Lipinski definition) is 2. The van der Waals surface area contributed by atoms with Crippen LogP contribution in [0, 0.1) is 0 Å². The summed E-state index contributed by atoms with van der Waals surface area (Å²) < 4.78 is 0. The molecule has 0 radical (unpaired) electrons. The molecule has 0 saturated heterocycles. The van der Waals surface area contributed by atoms with E-state index >= 15 is 0 Å². The molecule has 2 N–H and O–H groups in total. The van der Waals surface area contributed by atoms with Crippen molar-refractivity contribution in [1.29, 1.82) is 0 Å². The Labute approximate surface area is 169 Å². The summed E-state index contributed by atoms with van der Waals surface area (Å²) in [6.45, 7) is 0.851. The van der Waals surface area contributed by atoms with E-state index in [0.29, 0.717) is 6.04 Å². The summed E-state index contributed by atoms with van der Waals surface area (Å²) >= 11 is 11.7. The van der Waals surface area contributed by atoms with Gasteiger partial charge < -0.3 is 15.2 Å². The lowest BCUT2D eigenvalue weighted by molar-refractivity contribution is 0.320. The highest BCUT2D eigenvalue weighted by Gasteiger charge is 2.24. The van der Waals surface area contributed by atoms with E-state index in [9.17, 15) is 0 Å². The quantitative estimate of drug-likeness (QED) is 0.564. The van der Waals surface area contributed by atoms with Gasteiger partial charge in [-0.05, 0) is 61.5 Å². The summed E-state index contributed by atoms with van der Waals surface area (Å²) in [4.78, 5) is 10.5. The molecule has 0 spiro atoms. The topological polar surface area (TPSA) is 44.0 Å². The number of H-pyrrole nitrogens is 1. The zero-order valence-electron chi connectivity index (χ0n) is 15.1. The van der Waals surface area contributed by atoms with Gasteiger partial charge in [-0.3, -0.25) is 0 Å². The van der Waals surface area contributed by atoms with Crippen LogP contribution in [-0.4, -0.2) is 32.6 Å². The molecule has 1 aliphatic carbocycles. The van der Waals surface area contributed by atoms with Crippen molar-refractivity contribution in [2.24, 2.45) is 0 Å². The molecular formula is C21H23ClN4S. The predicted molar refractivity (Wildman–Crippen MR) is 116 cm³/mol. The first-order valence-electron chi connectivity index (χ1n) is 9.46. The van der Waals surface area contributed by atoms with Gasteiger partial charge in [0.15, 0.2) is 5.11 Å². The SMILES string of the molecule is S=C(Nc1ccc(Cl)cc1)N(CCc1nc2ccccc2[nH]1)C1CCCC1. The Bertz CT molecular complexity index is 882. The monoisotopic (exact) mass is 398 g/mol. The molecule has 1 fully saturated rings. The second-order valence-electron chi connectivity index (χ2n) is 7.02. The van der Waals surface area contributed by atoms with Gasteiger partial charge in [0.1, 0.15) is 5.82 Å². The normalized spacial score (nSPS) is 14.6. The van der Waals surface area contributed by atoms with Crippen LogP contribution >= 0.6 is 23.8 Å². The number of fused-ring (bicyclic) bond motifs is 1. The van der Waals surface area contributed by atoms with E-state index in [0.717, 1.165) is 45.6 Å². The maximum atomic E-state index is 5.98. The van der Waals surface area contributed by atoms with Gasteiger partial charge in [0, 0.05) is 29.7 Å². The van der Waals surface area contributed by atoms with E-state index < -0.39 is 0 Å². The standard InChI is InChI=1S/C21H23ClN4S/c22-15-9-11-16(12-10-15)23-21(27)26(17-5-1-2-6-17)14-13-20-24-18-7-3-4-8-19(18)25-20/h3-4,7-12,17H,1-2,5-6,13-14H2,(H,23,27)(H,24,25). The maximum absolute atomic E-state index is 5.98. The van der Waals surface area contributed by atoms with E-state index in [1.54, 1.807) is 0 Å². The molecule has 2 aromatic carbocycles. The van der Waals surface area contributed by atoms with Crippen LogP contribution in [0.5, 0.6) is 0 Å². The summed E-state index contributed by atoms with van der Waals surface area (Å²) in [6, 6.07) is 16.3. The number of benzene rings is 2. The minimum Gasteiger partial charge on any atom is -0.346 e. The van der Waals surface area contributed by atoms with Crippen molar-refractivity contribution < 1.29 is 0 Å². The molecule has 0 unspecified atom stereocenters. The highest BCUT2D eigenvalue weighted by atomic mass is 35.5. The van der Waals surface area contributed by atoms with Crippen LogP contribution in [-0.2, 0) is 6.42 Å². The zero-order valence-corrected chi connectivity index (χ0v) is 16.7. The van der Waals surface area contributed by atoms with Gasteiger partial charge in [-0.1, -0.05) is 36.6 Å². The lowest BCUT2D eigenvalue weighted by Gasteiger charge is -2.31. The minimum atomic E-state index is 0.502. The zero-order chi connectivity index (χ0) is 18.6. The molecule has 0 amide bonds. The number of anilines is 1. The van der Waals surface area contributed by atoms with Crippen LogP contribution in [0.2, 0.25) is 5.02 Å². The molecule has 4 nitrogen and oxygen atoms in total. The van der Waals surface area contributed by atoms with Crippen LogP contribution in [0.25, 0.3) is 11.0 Å². The van der Waals surface area contributed by atoms with E-state index in [1.807, 2.05) is 42.5 Å². The Morgan fingerprint density at radius 3 is 2.63 bits per heavy atom. The predicted octanol–water partition coefficient (Wildman–Crippen LogP) is 5.40. The van der Waals surface area contributed by atoms with Crippen LogP contribution in [0.1, 0.15) is 31.5 Å². The average Bonchev–Trinajstić information content (AvgIpc) is 3.33. The van der Waals surface area contributed by atoms with Crippen molar-refractivity contribution in [3.63, 3.8) is 0 Å². The van der Waals surface area contributed by atoms with Crippen LogP contribution in [0.4, 0.5) is 5.69 Å². The van der Waals surface area contributed by atoms with E-state index in [4.69, 9.17) is 28.8 Å². The van der Waals surface area contributed by atoms with E-state index in [-0.39, 0.29) is 0 Å². The van der Waals surface area contributed by atoms with Gasteiger partial charge in [0.05, 0.1) is 11.0 Å². The first kappa shape index (κ1) is 18.3. The van der Waals surface area contributed by atoms with Crippen LogP contribution in [0.3, 0.4) is 0 Å². The van der Waals surface area contributed by atoms with Gasteiger partial charge in [0.25, 0.3) is 0 Å². The molecule has 140 valence electrons. The lowest BCUT2D eigenvalue weighted by atomic mass is 10.2. The Balaban J connectivity index is 1.46. The number of rotatable bonds is 5. The highest BCUT2D eigenvalue weighted by molar-refractivity contribution is 7.80. The Morgan fingerprint density at radius 2 is 1.89 bits per heavy atom. The molecule has 6 heteroatoms. The second kappa shape index (κ2) is 8.28. The number of imidazole rings is 1. The fourth-order valence-corrected chi connectivity index (χ4v) is 4.23. The van der Waals surface area contributed by atoms with E-state index in [2.05, 4.69) is 21.3 Å². The van der Waals surface area contributed by atoms with Crippen molar-refractivity contribution in [1.82, 2.24) is 14.9 Å². The first-order chi connectivity index (χ1) is 13.2. The fourth-order valence-electron chi connectivity index (χ4n) is 3.74. The number of nitrogens with zero attached hydrogens (tertiary/aromatic N) is 2. The average molecular weight is 399 g/mol. The summed E-state index contributed by atoms with van der Waals surface area (Å²) in [5.74, 6) is 1.01. The van der Waals surface area contributed by atoms with Crippen molar-refractivity contribution in [2.75, 3.05) is 11.9 Å². The Morgan fingerprint density at radius 1 is 1.15 bits per heavy atom. The van der Waals surface area contributed by atoms with Crippen molar-refractivity contribution in [3.8, 4) is 0 Å². The molecule has 1 aliphatic rings. The molecule has 1 heterocycles. The molecule has 3 aromatic rings. The minimum absolute atomic E-state index is 0.502. The smallest absolute Gasteiger partial charge is 0.173 e. The molecule has 0 bridgehead atoms. The van der Waals surface area contributed by atoms with Crippen molar-refractivity contribution in [3.05, 3.63) is 59.4 Å². The van der Waals surface area contributed by atoms with Gasteiger partial charge >= 0.3 is 0 Å². The summed E-state index contributed by atoms with van der Waals surface area (Å²) in [5.41, 5.74) is 3.07. The molecule has 0 aliphatic heterocycles. The van der Waals surface area contributed by atoms with Crippen LogP contribution < -0.4 is 5.32 Å². The number of thiocarbonyl (C=S) groups is 1. The van der Waals surface area contributed by atoms with Crippen LogP contribution in [0.15, 0.2) is 48.5 Å². The number of aromatic amines is 1. The molecule has 1 aromatic heterocycles. The third kappa shape index (κ3) is 4.42.